The molecule has 0 bridgehead atoms. The van der Waals surface area contributed by atoms with E-state index in [9.17, 15) is 4.79 Å². The number of likely N-dealkylation sites (tertiary alicyclic amines) is 1. The molecule has 1 saturated heterocycles. The molecule has 0 N–H and O–H groups in total. The lowest BCUT2D eigenvalue weighted by molar-refractivity contribution is -0.132. The number of aromatic nitrogens is 2. The van der Waals surface area contributed by atoms with Crippen molar-refractivity contribution in [3.05, 3.63) is 48.5 Å². The molecule has 1 fully saturated rings. The summed E-state index contributed by atoms with van der Waals surface area (Å²) in [6, 6.07) is 10.2. The maximum Gasteiger partial charge on any atom is 0.233 e. The third-order valence-corrected chi connectivity index (χ3v) is 5.31. The lowest BCUT2D eigenvalue weighted by Gasteiger charge is -2.35. The summed E-state index contributed by atoms with van der Waals surface area (Å²) in [4.78, 5) is 20.4. The molecule has 0 spiro atoms. The first-order valence-corrected chi connectivity index (χ1v) is 9.26. The Morgan fingerprint density at radius 3 is 2.91 bits per heavy atom. The molecule has 1 amide bonds. The highest BCUT2D eigenvalue weighted by atomic mass is 32.2. The van der Waals surface area contributed by atoms with Crippen LogP contribution in [0.1, 0.15) is 38.1 Å². The van der Waals surface area contributed by atoms with Crippen LogP contribution in [0.25, 0.3) is 0 Å². The Morgan fingerprint density at radius 2 is 2.13 bits per heavy atom. The normalized spacial score (nSPS) is 18.1. The number of amides is 1. The number of hydrogen-bond acceptors (Lipinski definition) is 3. The van der Waals surface area contributed by atoms with Crippen molar-refractivity contribution < 1.29 is 4.79 Å². The molecule has 1 atom stereocenters. The highest BCUT2D eigenvalue weighted by Crippen LogP contribution is 2.31. The molecule has 1 aliphatic heterocycles. The van der Waals surface area contributed by atoms with E-state index >= 15 is 0 Å². The van der Waals surface area contributed by atoms with Crippen molar-refractivity contribution >= 4 is 17.7 Å². The van der Waals surface area contributed by atoms with E-state index in [2.05, 4.69) is 28.6 Å². The molecular weight excluding hydrogens is 306 g/mol. The quantitative estimate of drug-likeness (QED) is 0.784. The first-order valence-electron chi connectivity index (χ1n) is 8.28. The van der Waals surface area contributed by atoms with E-state index in [4.69, 9.17) is 0 Å². The van der Waals surface area contributed by atoms with Crippen molar-refractivity contribution in [2.24, 2.45) is 0 Å². The highest BCUT2D eigenvalue weighted by molar-refractivity contribution is 8.00. The molecule has 3 rings (SSSR count). The second-order valence-electron chi connectivity index (χ2n) is 5.77. The number of nitrogens with zero attached hydrogens (tertiary/aromatic N) is 3. The summed E-state index contributed by atoms with van der Waals surface area (Å²) in [5.41, 5.74) is 0. The third kappa shape index (κ3) is 3.78. The number of rotatable bonds is 5. The Kier molecular flexibility index (Phi) is 5.39. The van der Waals surface area contributed by atoms with Gasteiger partial charge in [-0.15, -0.1) is 11.8 Å². The fourth-order valence-corrected chi connectivity index (χ4v) is 3.93. The molecule has 0 radical (unpaired) electrons. The van der Waals surface area contributed by atoms with Gasteiger partial charge in [0.1, 0.15) is 5.82 Å². The van der Waals surface area contributed by atoms with E-state index in [0.29, 0.717) is 5.75 Å². The lowest BCUT2D eigenvalue weighted by atomic mass is 10.0. The summed E-state index contributed by atoms with van der Waals surface area (Å²) in [5, 5.41) is 0. The summed E-state index contributed by atoms with van der Waals surface area (Å²) >= 11 is 1.61. The van der Waals surface area contributed by atoms with Crippen molar-refractivity contribution in [1.82, 2.24) is 14.5 Å². The Balaban J connectivity index is 1.69. The lowest BCUT2D eigenvalue weighted by Crippen LogP contribution is -2.40. The molecule has 0 saturated carbocycles. The zero-order valence-corrected chi connectivity index (χ0v) is 14.3. The largest absolute Gasteiger partial charge is 0.333 e. The Bertz CT molecular complexity index is 641. The summed E-state index contributed by atoms with van der Waals surface area (Å²) < 4.78 is 2.15. The van der Waals surface area contributed by atoms with Gasteiger partial charge in [-0.1, -0.05) is 18.2 Å². The van der Waals surface area contributed by atoms with Crippen LogP contribution >= 0.6 is 11.8 Å². The van der Waals surface area contributed by atoms with Gasteiger partial charge in [-0.2, -0.15) is 0 Å². The first kappa shape index (κ1) is 16.1. The standard InChI is InChI=1S/C18H23N3OS/c1-2-20-13-11-19-18(20)16-10-6-7-12-21(16)17(22)14-23-15-8-4-3-5-9-15/h3-5,8-9,11,13,16H,2,6-7,10,12,14H2,1H3. The number of carbonyl (C=O) groups excluding carboxylic acids is 1. The SMILES string of the molecule is CCn1ccnc1C1CCCCN1C(=O)CSc1ccccc1. The fourth-order valence-electron chi connectivity index (χ4n) is 3.13. The van der Waals surface area contributed by atoms with Crippen molar-refractivity contribution in [2.75, 3.05) is 12.3 Å². The van der Waals surface area contributed by atoms with Gasteiger partial charge in [0.05, 0.1) is 11.8 Å². The maximum atomic E-state index is 12.7. The molecule has 1 aromatic heterocycles. The maximum absolute atomic E-state index is 12.7. The number of thioether (sulfide) groups is 1. The van der Waals surface area contributed by atoms with Gasteiger partial charge in [0, 0.05) is 30.4 Å². The van der Waals surface area contributed by atoms with Gasteiger partial charge in [-0.25, -0.2) is 4.98 Å². The Labute approximate surface area is 141 Å². The second kappa shape index (κ2) is 7.68. The van der Waals surface area contributed by atoms with Crippen LogP contribution in [0.2, 0.25) is 0 Å². The van der Waals surface area contributed by atoms with E-state index in [1.165, 1.54) is 0 Å². The van der Waals surface area contributed by atoms with Crippen LogP contribution in [0.3, 0.4) is 0 Å². The minimum atomic E-state index is 0.127. The zero-order valence-electron chi connectivity index (χ0n) is 13.5. The number of benzene rings is 1. The fraction of sp³-hybridized carbons (Fsp3) is 0.444. The molecule has 122 valence electrons. The van der Waals surface area contributed by atoms with Gasteiger partial charge >= 0.3 is 0 Å². The molecule has 5 heteroatoms. The monoisotopic (exact) mass is 329 g/mol. The average molecular weight is 329 g/mol. The molecule has 2 heterocycles. The van der Waals surface area contributed by atoms with Crippen LogP contribution in [-0.2, 0) is 11.3 Å². The summed E-state index contributed by atoms with van der Waals surface area (Å²) in [7, 11) is 0. The second-order valence-corrected chi connectivity index (χ2v) is 6.82. The number of imidazole rings is 1. The highest BCUT2D eigenvalue weighted by Gasteiger charge is 2.30. The summed E-state index contributed by atoms with van der Waals surface area (Å²) in [6.07, 6.45) is 7.11. The molecule has 2 aromatic rings. The van der Waals surface area contributed by atoms with Gasteiger partial charge in [-0.3, -0.25) is 4.79 Å². The molecular formula is C18H23N3OS. The Morgan fingerprint density at radius 1 is 1.30 bits per heavy atom. The topological polar surface area (TPSA) is 38.1 Å². The van der Waals surface area contributed by atoms with E-state index in [1.54, 1.807) is 11.8 Å². The van der Waals surface area contributed by atoms with Crippen molar-refractivity contribution in [2.45, 2.75) is 43.7 Å². The van der Waals surface area contributed by atoms with Gasteiger partial charge < -0.3 is 9.47 Å². The minimum absolute atomic E-state index is 0.127. The predicted molar refractivity (Wildman–Crippen MR) is 93.4 cm³/mol. The van der Waals surface area contributed by atoms with Crippen molar-refractivity contribution in [1.29, 1.82) is 0 Å². The summed E-state index contributed by atoms with van der Waals surface area (Å²) in [5.74, 6) is 1.74. The van der Waals surface area contributed by atoms with Crippen molar-refractivity contribution in [3.63, 3.8) is 0 Å². The predicted octanol–water partition coefficient (Wildman–Crippen LogP) is 3.75. The molecule has 4 nitrogen and oxygen atoms in total. The molecule has 1 aliphatic rings. The number of aryl methyl sites for hydroxylation is 1. The minimum Gasteiger partial charge on any atom is -0.333 e. The summed E-state index contributed by atoms with van der Waals surface area (Å²) in [6.45, 7) is 3.85. The van der Waals surface area contributed by atoms with E-state index < -0.39 is 0 Å². The van der Waals surface area contributed by atoms with Crippen LogP contribution in [0.4, 0.5) is 0 Å². The molecule has 0 aliphatic carbocycles. The van der Waals surface area contributed by atoms with Crippen LogP contribution in [-0.4, -0.2) is 32.7 Å². The zero-order chi connectivity index (χ0) is 16.1. The van der Waals surface area contributed by atoms with Crippen LogP contribution in [0, 0.1) is 0 Å². The number of hydrogen-bond donors (Lipinski definition) is 0. The van der Waals surface area contributed by atoms with Gasteiger partial charge in [0.15, 0.2) is 0 Å². The van der Waals surface area contributed by atoms with Gasteiger partial charge in [-0.05, 0) is 38.3 Å². The molecule has 1 aromatic carbocycles. The van der Waals surface area contributed by atoms with E-state index in [0.717, 1.165) is 43.1 Å². The van der Waals surface area contributed by atoms with Crippen LogP contribution in [0.15, 0.2) is 47.6 Å². The molecule has 23 heavy (non-hydrogen) atoms. The first-order chi connectivity index (χ1) is 11.3. The third-order valence-electron chi connectivity index (χ3n) is 4.32. The smallest absolute Gasteiger partial charge is 0.233 e. The Hall–Kier alpha value is -1.75. The number of piperidine rings is 1. The van der Waals surface area contributed by atoms with E-state index in [1.807, 2.05) is 35.5 Å². The van der Waals surface area contributed by atoms with Crippen LogP contribution < -0.4 is 0 Å². The van der Waals surface area contributed by atoms with Gasteiger partial charge in [0.2, 0.25) is 5.91 Å². The van der Waals surface area contributed by atoms with Crippen molar-refractivity contribution in [3.8, 4) is 0 Å². The van der Waals surface area contributed by atoms with Gasteiger partial charge in [0.25, 0.3) is 0 Å². The molecule has 1 unspecified atom stereocenters. The average Bonchev–Trinajstić information content (AvgIpc) is 3.09. The van der Waals surface area contributed by atoms with E-state index in [-0.39, 0.29) is 11.9 Å². The number of carbonyl (C=O) groups is 1. The van der Waals surface area contributed by atoms with Crippen LogP contribution in [0.5, 0.6) is 0 Å².